The standard InChI is InChI=1S/C14H17N3O4/c18-13(19)12-4-1-9(5-15-12)6-16-14(20)17-7-10-2-3-11(8-17)21-10/h1,4-5,10-11H,2-3,6-8H2,(H,16,20)(H,18,19). The number of nitrogens with one attached hydrogen (secondary N) is 1. The number of hydrogen-bond donors (Lipinski definition) is 2. The van der Waals surface area contributed by atoms with Crippen molar-refractivity contribution in [1.82, 2.24) is 15.2 Å². The van der Waals surface area contributed by atoms with Crippen molar-refractivity contribution >= 4 is 12.0 Å². The summed E-state index contributed by atoms with van der Waals surface area (Å²) in [7, 11) is 0. The molecule has 0 radical (unpaired) electrons. The molecule has 2 aliphatic rings. The van der Waals surface area contributed by atoms with Gasteiger partial charge in [-0.3, -0.25) is 0 Å². The first kappa shape index (κ1) is 13.8. The Morgan fingerprint density at radius 1 is 1.33 bits per heavy atom. The second-order valence-electron chi connectivity index (χ2n) is 5.38. The van der Waals surface area contributed by atoms with Crippen molar-refractivity contribution in [2.24, 2.45) is 0 Å². The summed E-state index contributed by atoms with van der Waals surface area (Å²) in [5.74, 6) is -1.06. The minimum absolute atomic E-state index is 0.00479. The zero-order chi connectivity index (χ0) is 14.8. The SMILES string of the molecule is O=C(O)c1ccc(CNC(=O)N2CC3CCC(C2)O3)cn1. The van der Waals surface area contributed by atoms with Crippen molar-refractivity contribution < 1.29 is 19.4 Å². The first-order chi connectivity index (χ1) is 10.1. The average Bonchev–Trinajstić information content (AvgIpc) is 2.83. The predicted octanol–water partition coefficient (Wildman–Crippen LogP) is 0.853. The molecule has 2 N–H and O–H groups in total. The highest BCUT2D eigenvalue weighted by Crippen LogP contribution is 2.26. The number of amides is 2. The highest BCUT2D eigenvalue weighted by Gasteiger charge is 2.35. The van der Waals surface area contributed by atoms with E-state index < -0.39 is 5.97 Å². The Bertz CT molecular complexity index is 534. The van der Waals surface area contributed by atoms with E-state index in [4.69, 9.17) is 9.84 Å². The van der Waals surface area contributed by atoms with Crippen molar-refractivity contribution in [3.05, 3.63) is 29.6 Å². The molecular weight excluding hydrogens is 274 g/mol. The number of carbonyl (C=O) groups excluding carboxylic acids is 1. The molecule has 0 aliphatic carbocycles. The van der Waals surface area contributed by atoms with Crippen LogP contribution in [0.25, 0.3) is 0 Å². The molecule has 0 saturated carbocycles. The molecule has 2 atom stereocenters. The van der Waals surface area contributed by atoms with E-state index >= 15 is 0 Å². The van der Waals surface area contributed by atoms with Crippen LogP contribution in [0.5, 0.6) is 0 Å². The van der Waals surface area contributed by atoms with Gasteiger partial charge in [0.2, 0.25) is 0 Å². The first-order valence-corrected chi connectivity index (χ1v) is 6.98. The number of rotatable bonds is 3. The second kappa shape index (κ2) is 5.69. The normalized spacial score (nSPS) is 23.9. The maximum absolute atomic E-state index is 12.1. The number of fused-ring (bicyclic) bond motifs is 2. The fourth-order valence-corrected chi connectivity index (χ4v) is 2.73. The van der Waals surface area contributed by atoms with Crippen molar-refractivity contribution in [2.45, 2.75) is 31.6 Å². The number of aromatic nitrogens is 1. The van der Waals surface area contributed by atoms with Crippen LogP contribution in [-0.4, -0.2) is 52.3 Å². The fraction of sp³-hybridized carbons (Fsp3) is 0.500. The second-order valence-corrected chi connectivity index (χ2v) is 5.38. The number of urea groups is 1. The molecular formula is C14H17N3O4. The molecule has 1 aromatic rings. The largest absolute Gasteiger partial charge is 0.477 e. The summed E-state index contributed by atoms with van der Waals surface area (Å²) in [5, 5.41) is 11.6. The highest BCUT2D eigenvalue weighted by molar-refractivity contribution is 5.85. The van der Waals surface area contributed by atoms with Crippen molar-refractivity contribution in [2.75, 3.05) is 13.1 Å². The number of morpholine rings is 1. The number of likely N-dealkylation sites (tertiary alicyclic amines) is 1. The van der Waals surface area contributed by atoms with Gasteiger partial charge < -0.3 is 20.1 Å². The Balaban J connectivity index is 1.52. The molecule has 2 bridgehead atoms. The Kier molecular flexibility index (Phi) is 3.74. The molecule has 2 unspecified atom stereocenters. The van der Waals surface area contributed by atoms with E-state index in [-0.39, 0.29) is 23.9 Å². The van der Waals surface area contributed by atoms with Crippen molar-refractivity contribution in [1.29, 1.82) is 0 Å². The summed E-state index contributed by atoms with van der Waals surface area (Å²) in [6, 6.07) is 2.97. The molecule has 112 valence electrons. The van der Waals surface area contributed by atoms with Gasteiger partial charge in [0.05, 0.1) is 12.2 Å². The predicted molar refractivity (Wildman–Crippen MR) is 72.9 cm³/mol. The van der Waals surface area contributed by atoms with Crippen LogP contribution in [0.4, 0.5) is 4.79 Å². The summed E-state index contributed by atoms with van der Waals surface area (Å²) in [4.78, 5) is 28.4. The smallest absolute Gasteiger partial charge is 0.354 e. The lowest BCUT2D eigenvalue weighted by Crippen LogP contribution is -2.49. The topological polar surface area (TPSA) is 91.8 Å². The lowest BCUT2D eigenvalue weighted by Gasteiger charge is -2.32. The Morgan fingerprint density at radius 3 is 2.62 bits per heavy atom. The number of carbonyl (C=O) groups is 2. The third-order valence-corrected chi connectivity index (χ3v) is 3.82. The monoisotopic (exact) mass is 291 g/mol. The van der Waals surface area contributed by atoms with Crippen LogP contribution in [0.15, 0.2) is 18.3 Å². The maximum Gasteiger partial charge on any atom is 0.354 e. The molecule has 3 rings (SSSR count). The molecule has 1 aromatic heterocycles. The number of carboxylic acids is 1. The van der Waals surface area contributed by atoms with Gasteiger partial charge in [-0.25, -0.2) is 14.6 Å². The van der Waals surface area contributed by atoms with Gasteiger partial charge in [0.25, 0.3) is 0 Å². The van der Waals surface area contributed by atoms with Crippen LogP contribution in [0.1, 0.15) is 28.9 Å². The van der Waals surface area contributed by atoms with Crippen LogP contribution in [0, 0.1) is 0 Å². The summed E-state index contributed by atoms with van der Waals surface area (Å²) >= 11 is 0. The van der Waals surface area contributed by atoms with Crippen LogP contribution < -0.4 is 5.32 Å². The third kappa shape index (κ3) is 3.13. The first-order valence-electron chi connectivity index (χ1n) is 6.98. The summed E-state index contributed by atoms with van der Waals surface area (Å²) in [5.41, 5.74) is 0.763. The lowest BCUT2D eigenvalue weighted by atomic mass is 10.2. The van der Waals surface area contributed by atoms with E-state index in [1.807, 2.05) is 0 Å². The number of hydrogen-bond acceptors (Lipinski definition) is 4. The fourth-order valence-electron chi connectivity index (χ4n) is 2.73. The Hall–Kier alpha value is -2.15. The van der Waals surface area contributed by atoms with Gasteiger partial charge >= 0.3 is 12.0 Å². The van der Waals surface area contributed by atoms with Crippen molar-refractivity contribution in [3.63, 3.8) is 0 Å². The highest BCUT2D eigenvalue weighted by atomic mass is 16.5. The quantitative estimate of drug-likeness (QED) is 0.861. The summed E-state index contributed by atoms with van der Waals surface area (Å²) in [6.45, 7) is 1.61. The van der Waals surface area contributed by atoms with E-state index in [1.54, 1.807) is 11.0 Å². The van der Waals surface area contributed by atoms with Gasteiger partial charge in [0, 0.05) is 25.8 Å². The zero-order valence-electron chi connectivity index (χ0n) is 11.5. The Morgan fingerprint density at radius 2 is 2.05 bits per heavy atom. The van der Waals surface area contributed by atoms with Crippen LogP contribution in [-0.2, 0) is 11.3 Å². The third-order valence-electron chi connectivity index (χ3n) is 3.82. The van der Waals surface area contributed by atoms with Gasteiger partial charge in [-0.15, -0.1) is 0 Å². The molecule has 2 saturated heterocycles. The number of ether oxygens (including phenoxy) is 1. The Labute approximate surface area is 121 Å². The molecule has 21 heavy (non-hydrogen) atoms. The van der Waals surface area contributed by atoms with E-state index in [1.165, 1.54) is 12.3 Å². The zero-order valence-corrected chi connectivity index (χ0v) is 11.5. The van der Waals surface area contributed by atoms with E-state index in [2.05, 4.69) is 10.3 Å². The molecule has 2 fully saturated rings. The summed E-state index contributed by atoms with van der Waals surface area (Å²) in [6.07, 6.45) is 3.86. The van der Waals surface area contributed by atoms with Gasteiger partial charge in [-0.1, -0.05) is 6.07 Å². The van der Waals surface area contributed by atoms with E-state index in [0.717, 1.165) is 18.4 Å². The minimum Gasteiger partial charge on any atom is -0.477 e. The lowest BCUT2D eigenvalue weighted by molar-refractivity contribution is -0.0238. The van der Waals surface area contributed by atoms with Gasteiger partial charge in [0.1, 0.15) is 5.69 Å². The molecule has 0 spiro atoms. The van der Waals surface area contributed by atoms with E-state index in [9.17, 15) is 9.59 Å². The number of pyridine rings is 1. The van der Waals surface area contributed by atoms with Crippen molar-refractivity contribution in [3.8, 4) is 0 Å². The molecule has 7 nitrogen and oxygen atoms in total. The minimum atomic E-state index is -1.06. The summed E-state index contributed by atoms with van der Waals surface area (Å²) < 4.78 is 5.69. The molecule has 7 heteroatoms. The van der Waals surface area contributed by atoms with Gasteiger partial charge in [-0.05, 0) is 24.5 Å². The van der Waals surface area contributed by atoms with Gasteiger partial charge in [0.15, 0.2) is 0 Å². The number of carboxylic acid groups (broad SMARTS) is 1. The molecule has 3 heterocycles. The molecule has 2 amide bonds. The number of nitrogens with zero attached hydrogens (tertiary/aromatic N) is 2. The maximum atomic E-state index is 12.1. The van der Waals surface area contributed by atoms with Crippen LogP contribution >= 0.6 is 0 Å². The molecule has 2 aliphatic heterocycles. The van der Waals surface area contributed by atoms with Crippen LogP contribution in [0.3, 0.4) is 0 Å². The van der Waals surface area contributed by atoms with Crippen LogP contribution in [0.2, 0.25) is 0 Å². The van der Waals surface area contributed by atoms with Gasteiger partial charge in [-0.2, -0.15) is 0 Å². The average molecular weight is 291 g/mol. The van der Waals surface area contributed by atoms with E-state index in [0.29, 0.717) is 19.6 Å². The molecule has 0 aromatic carbocycles. The number of aromatic carboxylic acids is 1.